The molecule has 228 valence electrons. The van der Waals surface area contributed by atoms with Gasteiger partial charge in [0, 0.05) is 11.1 Å². The Bertz CT molecular complexity index is 1380. The van der Waals surface area contributed by atoms with Crippen molar-refractivity contribution in [2.45, 2.75) is 41.5 Å². The van der Waals surface area contributed by atoms with E-state index < -0.39 is 23.9 Å². The lowest BCUT2D eigenvalue weighted by Crippen LogP contribution is -1.99. The molecule has 2 aliphatic rings. The maximum atomic E-state index is 11.8. The van der Waals surface area contributed by atoms with Crippen molar-refractivity contribution in [1.82, 2.24) is 0 Å². The maximum Gasteiger partial charge on any atom is 0.346 e. The first-order chi connectivity index (χ1) is 21.2. The molecule has 0 atom stereocenters. The molecule has 0 amide bonds. The quantitative estimate of drug-likeness (QED) is 0.132. The van der Waals surface area contributed by atoms with Crippen molar-refractivity contribution in [3.05, 3.63) is 143 Å². The number of carbonyl (C=O) groups excluding carboxylic acids is 6. The zero-order chi connectivity index (χ0) is 33.1. The molecule has 2 heterocycles. The molecule has 0 aromatic heterocycles. The number of ketones is 2. The predicted octanol–water partition coefficient (Wildman–Crippen LogP) is 7.56. The highest BCUT2D eigenvalue weighted by Crippen LogP contribution is 2.19. The molecule has 0 bridgehead atoms. The summed E-state index contributed by atoms with van der Waals surface area (Å²) in [6.45, 7) is 11.1. The standard InChI is InChI=1S/C13H10O.2C8H4O3.C3H6O.2C2H6/c14-13(11-7-3-1-4-8-11)12-9-5-2-6-10-12;2*9-7-5-3-1-2-4-6(5)8(10)11-7;1-3(2)4;2*1-2/h1-10H;2*1-4H;1-2H3;2*1-2H3. The van der Waals surface area contributed by atoms with Gasteiger partial charge in [-0.2, -0.15) is 0 Å². The van der Waals surface area contributed by atoms with Gasteiger partial charge in [-0.25, -0.2) is 19.2 Å². The van der Waals surface area contributed by atoms with Crippen molar-refractivity contribution in [2.75, 3.05) is 0 Å². The molecule has 8 nitrogen and oxygen atoms in total. The number of hydrogen-bond donors (Lipinski definition) is 0. The first kappa shape index (κ1) is 36.5. The highest BCUT2D eigenvalue weighted by Gasteiger charge is 2.29. The molecular formula is C36H36O8. The molecule has 0 fully saturated rings. The lowest BCUT2D eigenvalue weighted by atomic mass is 10.0. The minimum absolute atomic E-state index is 0.0752. The lowest BCUT2D eigenvalue weighted by molar-refractivity contribution is -0.115. The van der Waals surface area contributed by atoms with Crippen molar-refractivity contribution in [2.24, 2.45) is 0 Å². The molecule has 44 heavy (non-hydrogen) atoms. The smallest absolute Gasteiger partial charge is 0.346 e. The van der Waals surface area contributed by atoms with Gasteiger partial charge in [-0.05, 0) is 38.1 Å². The summed E-state index contributed by atoms with van der Waals surface area (Å²) in [5, 5.41) is 0. The molecule has 6 rings (SSSR count). The Kier molecular flexibility index (Phi) is 16.3. The number of rotatable bonds is 2. The normalized spacial score (nSPS) is 11.2. The van der Waals surface area contributed by atoms with Crippen LogP contribution in [0.4, 0.5) is 0 Å². The predicted molar refractivity (Wildman–Crippen MR) is 168 cm³/mol. The third kappa shape index (κ3) is 11.1. The van der Waals surface area contributed by atoms with E-state index in [2.05, 4.69) is 9.47 Å². The number of hydrogen-bond acceptors (Lipinski definition) is 8. The van der Waals surface area contributed by atoms with Crippen LogP contribution in [0.2, 0.25) is 0 Å². The maximum absolute atomic E-state index is 11.8. The minimum atomic E-state index is -0.550. The summed E-state index contributed by atoms with van der Waals surface area (Å²) in [5.74, 6) is -1.96. The Morgan fingerprint density at radius 3 is 0.841 bits per heavy atom. The molecule has 4 aromatic rings. The zero-order valence-corrected chi connectivity index (χ0v) is 25.7. The Morgan fingerprint density at radius 1 is 0.409 bits per heavy atom. The molecule has 0 unspecified atom stereocenters. The fourth-order valence-corrected chi connectivity index (χ4v) is 3.41. The van der Waals surface area contributed by atoms with E-state index in [1.807, 2.05) is 88.4 Å². The van der Waals surface area contributed by atoms with E-state index in [0.29, 0.717) is 22.3 Å². The fraction of sp³-hybridized carbons (Fsp3) is 0.167. The Balaban J connectivity index is 0.000000297. The molecule has 0 N–H and O–H groups in total. The van der Waals surface area contributed by atoms with Gasteiger partial charge in [0.15, 0.2) is 5.78 Å². The van der Waals surface area contributed by atoms with Crippen molar-refractivity contribution < 1.29 is 38.2 Å². The van der Waals surface area contributed by atoms with Crippen LogP contribution < -0.4 is 0 Å². The van der Waals surface area contributed by atoms with Crippen LogP contribution in [0.5, 0.6) is 0 Å². The molecule has 4 aromatic carbocycles. The first-order valence-electron chi connectivity index (χ1n) is 14.0. The van der Waals surface area contributed by atoms with Crippen LogP contribution in [-0.4, -0.2) is 35.4 Å². The molecule has 0 aliphatic carbocycles. The van der Waals surface area contributed by atoms with E-state index in [1.54, 1.807) is 48.5 Å². The molecule has 2 aliphatic heterocycles. The molecule has 0 saturated carbocycles. The van der Waals surface area contributed by atoms with E-state index in [1.165, 1.54) is 13.8 Å². The van der Waals surface area contributed by atoms with Crippen molar-refractivity contribution in [3.63, 3.8) is 0 Å². The second-order valence-corrected chi connectivity index (χ2v) is 8.41. The Morgan fingerprint density at radius 2 is 0.614 bits per heavy atom. The Hall–Kier alpha value is -5.50. The van der Waals surface area contributed by atoms with E-state index in [4.69, 9.17) is 0 Å². The zero-order valence-electron chi connectivity index (χ0n) is 25.7. The summed E-state index contributed by atoms with van der Waals surface area (Å²) in [4.78, 5) is 64.6. The number of cyclic esters (lactones) is 4. The van der Waals surface area contributed by atoms with Crippen LogP contribution in [0.3, 0.4) is 0 Å². The number of carbonyl (C=O) groups is 6. The molecule has 0 spiro atoms. The number of benzene rings is 4. The van der Waals surface area contributed by atoms with E-state index >= 15 is 0 Å². The third-order valence-corrected chi connectivity index (χ3v) is 5.18. The van der Waals surface area contributed by atoms with Crippen molar-refractivity contribution in [3.8, 4) is 0 Å². The average molecular weight is 597 g/mol. The SMILES string of the molecule is CC.CC.CC(C)=O.O=C(c1ccccc1)c1ccccc1.O=C1OC(=O)c2ccccc21.O=C1OC(=O)c2ccccc21. The van der Waals surface area contributed by atoms with E-state index in [9.17, 15) is 28.8 Å². The highest BCUT2D eigenvalue weighted by atomic mass is 16.6. The first-order valence-corrected chi connectivity index (χ1v) is 14.0. The second kappa shape index (κ2) is 19.6. The average Bonchev–Trinajstić information content (AvgIpc) is 3.53. The minimum Gasteiger partial charge on any atom is -0.386 e. The van der Waals surface area contributed by atoms with E-state index in [0.717, 1.165) is 11.1 Å². The molecule has 8 heteroatoms. The van der Waals surface area contributed by atoms with Gasteiger partial charge in [-0.3, -0.25) is 4.79 Å². The summed E-state index contributed by atoms with van der Waals surface area (Å²) in [5.41, 5.74) is 2.91. The third-order valence-electron chi connectivity index (χ3n) is 5.18. The van der Waals surface area contributed by atoms with Gasteiger partial charge in [-0.15, -0.1) is 0 Å². The highest BCUT2D eigenvalue weighted by molar-refractivity contribution is 6.15. The molecule has 0 radical (unpaired) electrons. The monoisotopic (exact) mass is 596 g/mol. The van der Waals surface area contributed by atoms with Gasteiger partial charge >= 0.3 is 23.9 Å². The van der Waals surface area contributed by atoms with Crippen molar-refractivity contribution >= 4 is 35.4 Å². The molecule has 0 saturated heterocycles. The summed E-state index contributed by atoms with van der Waals surface area (Å²) in [6, 6.07) is 31.7. The lowest BCUT2D eigenvalue weighted by Gasteiger charge is -1.99. The number of ether oxygens (including phenoxy) is 2. The van der Waals surface area contributed by atoms with Gasteiger partial charge in [0.05, 0.1) is 22.3 Å². The van der Waals surface area contributed by atoms with Gasteiger partial charge < -0.3 is 14.3 Å². The van der Waals surface area contributed by atoms with Gasteiger partial charge in [0.2, 0.25) is 0 Å². The largest absolute Gasteiger partial charge is 0.386 e. The summed E-state index contributed by atoms with van der Waals surface area (Å²) >= 11 is 0. The van der Waals surface area contributed by atoms with Crippen LogP contribution >= 0.6 is 0 Å². The summed E-state index contributed by atoms with van der Waals surface area (Å²) in [7, 11) is 0. The molecular weight excluding hydrogens is 560 g/mol. The van der Waals surface area contributed by atoms with Gasteiger partial charge in [0.25, 0.3) is 0 Å². The second-order valence-electron chi connectivity index (χ2n) is 8.41. The van der Waals surface area contributed by atoms with Crippen LogP contribution in [-0.2, 0) is 14.3 Å². The van der Waals surface area contributed by atoms with Crippen LogP contribution in [0.1, 0.15) is 98.9 Å². The summed E-state index contributed by atoms with van der Waals surface area (Å²) in [6.07, 6.45) is 0. The van der Waals surface area contributed by atoms with Gasteiger partial charge in [-0.1, -0.05) is 113 Å². The number of Topliss-reactive ketones (excluding diaryl/α,β-unsaturated/α-hetero) is 1. The van der Waals surface area contributed by atoms with Crippen LogP contribution in [0.25, 0.3) is 0 Å². The van der Waals surface area contributed by atoms with Crippen LogP contribution in [0, 0.1) is 0 Å². The Labute approximate surface area is 257 Å². The van der Waals surface area contributed by atoms with E-state index in [-0.39, 0.29) is 11.6 Å². The van der Waals surface area contributed by atoms with Crippen LogP contribution in [0.15, 0.2) is 109 Å². The fourth-order valence-electron chi connectivity index (χ4n) is 3.41. The number of esters is 4. The summed E-state index contributed by atoms with van der Waals surface area (Å²) < 4.78 is 8.71. The topological polar surface area (TPSA) is 121 Å². The van der Waals surface area contributed by atoms with Gasteiger partial charge in [0.1, 0.15) is 5.78 Å². The number of fused-ring (bicyclic) bond motifs is 2. The van der Waals surface area contributed by atoms with Crippen molar-refractivity contribution in [1.29, 1.82) is 0 Å².